The number of hydrogen-bond donors (Lipinski definition) is 2. The standard InChI is InChI=1S/C32H18N8.AtH/c1-2-10-18-17(9-1)25-33-26(18)38-28-21-13-5-6-14-22(21)30(35-28)40-32-24-16-8-7-15-23(24)31(36-32)39-29-20-12-4-3-11-19(20)27(34-29)37-25;/h1-16H,(H2,33,34,35,36,37,38,39,40);1H. The fourth-order valence-corrected chi connectivity index (χ4v) is 5.59. The summed E-state index contributed by atoms with van der Waals surface area (Å²) in [5.41, 5.74) is 6.45. The van der Waals surface area contributed by atoms with Gasteiger partial charge in [-0.2, -0.15) is 0 Å². The van der Waals surface area contributed by atoms with Gasteiger partial charge in [0.05, 0.1) is 0 Å². The maximum absolute atomic E-state index is 5.02. The summed E-state index contributed by atoms with van der Waals surface area (Å²) in [6, 6.07) is 32.2. The monoisotopic (exact) mass is 725 g/mol. The van der Waals surface area contributed by atoms with Crippen LogP contribution in [0.25, 0.3) is 89.7 Å². The van der Waals surface area contributed by atoms with Gasteiger partial charge in [0.25, 0.3) is 0 Å². The Labute approximate surface area is 251 Å². The molecule has 2 N–H and O–H groups in total. The molecule has 4 aromatic carbocycles. The first-order valence-corrected chi connectivity index (χ1v) is 13.0. The van der Waals surface area contributed by atoms with Gasteiger partial charge in [-0.25, -0.2) is 29.9 Å². The maximum atomic E-state index is 5.02. The van der Waals surface area contributed by atoms with Crippen LogP contribution >= 0.6 is 0 Å². The largest absolute Gasteiger partial charge is 0.324 e. The van der Waals surface area contributed by atoms with E-state index in [2.05, 4.69) is 9.97 Å². The molecule has 8 bridgehead atoms. The van der Waals surface area contributed by atoms with Crippen LogP contribution in [0.2, 0.25) is 0 Å². The predicted molar refractivity (Wildman–Crippen MR) is 157 cm³/mol. The van der Waals surface area contributed by atoms with Crippen LogP contribution in [0, 0.1) is 26.2 Å². The summed E-state index contributed by atoms with van der Waals surface area (Å²) < 4.78 is 0. The Kier molecular flexibility index (Phi) is 5.31. The molecule has 41 heavy (non-hydrogen) atoms. The molecule has 9 rings (SSSR count). The number of H-pyrrole nitrogens is 2. The van der Waals surface area contributed by atoms with Gasteiger partial charge in [-0.3, -0.25) is 0 Å². The van der Waals surface area contributed by atoms with E-state index >= 15 is 0 Å². The van der Waals surface area contributed by atoms with Gasteiger partial charge in [0.2, 0.25) is 0 Å². The van der Waals surface area contributed by atoms with Crippen molar-refractivity contribution >= 4 is 44.1 Å². The van der Waals surface area contributed by atoms with Gasteiger partial charge in [0.15, 0.2) is 23.3 Å². The zero-order valence-electron chi connectivity index (χ0n) is 21.3. The summed E-state index contributed by atoms with van der Waals surface area (Å²) in [5, 5.41) is 3.82. The van der Waals surface area contributed by atoms with Crippen molar-refractivity contribution in [1.29, 1.82) is 0 Å². The molecule has 0 radical (unpaired) electrons. The summed E-state index contributed by atoms with van der Waals surface area (Å²) in [7, 11) is 0. The minimum absolute atomic E-state index is 0. The molecule has 0 saturated carbocycles. The molecule has 0 spiro atoms. The second-order valence-corrected chi connectivity index (χ2v) is 9.79. The number of fused-ring (bicyclic) bond motifs is 20. The normalized spacial score (nSPS) is 11.7. The molecule has 0 aliphatic carbocycles. The Hall–Kier alpha value is -4.88. The van der Waals surface area contributed by atoms with E-state index < -0.39 is 0 Å². The van der Waals surface area contributed by atoms with Gasteiger partial charge in [-0.1, -0.05) is 97.1 Å². The third-order valence-electron chi connectivity index (χ3n) is 7.46. The molecule has 0 amide bonds. The SMILES string of the molecule is [AtH].c1ccc2c(c1)-c1nc-2nc2[nH]c(nc3nc(nc4[nH]c(n1)c1ccccc41)-c1ccccc1-3)c1ccccc21. The first-order valence-electron chi connectivity index (χ1n) is 13.0. The molecule has 9 heteroatoms. The van der Waals surface area contributed by atoms with Crippen molar-refractivity contribution in [2.45, 2.75) is 0 Å². The Morgan fingerprint density at radius 3 is 0.829 bits per heavy atom. The van der Waals surface area contributed by atoms with Crippen molar-refractivity contribution in [3.05, 3.63) is 97.1 Å². The first-order chi connectivity index (χ1) is 19.8. The molecule has 0 saturated heterocycles. The number of hydrogen-bond acceptors (Lipinski definition) is 6. The predicted octanol–water partition coefficient (Wildman–Crippen LogP) is 6.60. The summed E-state index contributed by atoms with van der Waals surface area (Å²) in [6.45, 7) is 0. The first kappa shape index (κ1) is 24.0. The summed E-state index contributed by atoms with van der Waals surface area (Å²) in [5.74, 6) is 2.39. The maximum Gasteiger partial charge on any atom is 0.164 e. The summed E-state index contributed by atoms with van der Waals surface area (Å²) in [6.07, 6.45) is 0. The topological polar surface area (TPSA) is 109 Å². The van der Waals surface area contributed by atoms with E-state index in [1.165, 1.54) is 0 Å². The number of nitrogens with zero attached hydrogens (tertiary/aromatic N) is 6. The van der Waals surface area contributed by atoms with Crippen LogP contribution in [0.3, 0.4) is 0 Å². The quantitative estimate of drug-likeness (QED) is 0.183. The van der Waals surface area contributed by atoms with E-state index in [0.717, 1.165) is 43.8 Å². The molecule has 8 nitrogen and oxygen atoms in total. The molecule has 3 aromatic heterocycles. The Morgan fingerprint density at radius 2 is 0.561 bits per heavy atom. The second kappa shape index (κ2) is 9.08. The molecular weight excluding hydrogens is 706 g/mol. The Balaban J connectivity index is 0.00000256. The van der Waals surface area contributed by atoms with E-state index in [0.29, 0.717) is 45.9 Å². The molecule has 194 valence electrons. The number of nitrogens with one attached hydrogen (secondary N) is 2. The van der Waals surface area contributed by atoms with Gasteiger partial charge in [0, 0.05) is 43.8 Å². The molecule has 2 aliphatic heterocycles. The molecule has 0 unspecified atom stereocenters. The zero-order valence-corrected chi connectivity index (χ0v) is 24.5. The van der Waals surface area contributed by atoms with E-state index in [1.54, 1.807) is 0 Å². The van der Waals surface area contributed by atoms with Crippen LogP contribution in [-0.4, -0.2) is 39.9 Å². The van der Waals surface area contributed by atoms with Crippen molar-refractivity contribution in [3.63, 3.8) is 0 Å². The number of aromatic nitrogens is 8. The molecule has 2 aliphatic rings. The molecule has 7 aromatic rings. The summed E-state index contributed by atoms with van der Waals surface area (Å²) >= 11 is 0. The van der Waals surface area contributed by atoms with E-state index in [1.807, 2.05) is 97.1 Å². The van der Waals surface area contributed by atoms with Crippen molar-refractivity contribution in [2.24, 2.45) is 0 Å². The Bertz CT molecular complexity index is 2030. The second-order valence-electron chi connectivity index (χ2n) is 9.79. The van der Waals surface area contributed by atoms with Gasteiger partial charge >= 0.3 is 26.2 Å². The van der Waals surface area contributed by atoms with Gasteiger partial charge in [-0.15, -0.1) is 0 Å². The van der Waals surface area contributed by atoms with Crippen molar-refractivity contribution in [1.82, 2.24) is 39.9 Å². The fourth-order valence-electron chi connectivity index (χ4n) is 5.59. The minimum Gasteiger partial charge on any atom is -0.324 e. The number of rotatable bonds is 0. The third kappa shape index (κ3) is 3.62. The Morgan fingerprint density at radius 1 is 0.317 bits per heavy atom. The van der Waals surface area contributed by atoms with Gasteiger partial charge in [0.1, 0.15) is 22.6 Å². The fraction of sp³-hybridized carbons (Fsp3) is 0. The van der Waals surface area contributed by atoms with Crippen molar-refractivity contribution < 1.29 is 26.2 Å². The molecule has 0 atom stereocenters. The van der Waals surface area contributed by atoms with Gasteiger partial charge in [-0.05, 0) is 0 Å². The zero-order chi connectivity index (χ0) is 26.2. The van der Waals surface area contributed by atoms with Crippen LogP contribution in [-0.2, 0) is 0 Å². The molecular formula is C32H19AtN8. The average molecular weight is 726 g/mol. The van der Waals surface area contributed by atoms with Crippen molar-refractivity contribution in [2.75, 3.05) is 0 Å². The number of aromatic amines is 2. The number of benzene rings is 4. The van der Waals surface area contributed by atoms with Crippen molar-refractivity contribution in [3.8, 4) is 45.6 Å². The summed E-state index contributed by atoms with van der Waals surface area (Å²) in [4.78, 5) is 36.8. The molecule has 5 heterocycles. The van der Waals surface area contributed by atoms with E-state index in [9.17, 15) is 0 Å². The van der Waals surface area contributed by atoms with Crippen LogP contribution in [0.4, 0.5) is 0 Å². The van der Waals surface area contributed by atoms with Crippen LogP contribution in [0.5, 0.6) is 0 Å². The minimum atomic E-state index is 0. The third-order valence-corrected chi connectivity index (χ3v) is 7.46. The molecule has 0 fully saturated rings. The average Bonchev–Trinajstić information content (AvgIpc) is 3.73. The van der Waals surface area contributed by atoms with Crippen LogP contribution < -0.4 is 0 Å². The van der Waals surface area contributed by atoms with Crippen LogP contribution in [0.1, 0.15) is 0 Å². The van der Waals surface area contributed by atoms with E-state index in [4.69, 9.17) is 29.9 Å². The smallest absolute Gasteiger partial charge is 0.164 e. The van der Waals surface area contributed by atoms with E-state index in [-0.39, 0.29) is 26.2 Å². The van der Waals surface area contributed by atoms with Gasteiger partial charge < -0.3 is 9.97 Å². The van der Waals surface area contributed by atoms with Crippen LogP contribution in [0.15, 0.2) is 97.1 Å².